The van der Waals surface area contributed by atoms with Gasteiger partial charge in [-0.2, -0.15) is 8.42 Å². The summed E-state index contributed by atoms with van der Waals surface area (Å²) < 4.78 is 52.2. The molecule has 498 valence electrons. The van der Waals surface area contributed by atoms with Gasteiger partial charge in [0.05, 0.1) is 5.75 Å². The molecule has 0 radical (unpaired) electrons. The van der Waals surface area contributed by atoms with E-state index in [1.54, 1.807) is 0 Å². The topological polar surface area (TPSA) is 265 Å². The standard InChI is InChI=1S/C68H119NO16S/c1-6-9-12-15-18-21-24-27-30-33-36-39-42-45-48-51-61(72)83-56-66(57-84-62(73)52-49-46-43-40-37-34-31-28-25-22-19-16-13-10-7-2,58-85-63(74)53-50-47-44-41-38-35-32-29-26-23-20-17-14-11-8-3)69(54-55-86(80,81)82)64(75)67(78,59(4)70)68(79,60(5)71)65(76)77/h27-32,78-79H,6-26,33-58H2,1-5H3,(H,76,77)(H,80,81,82). The maximum atomic E-state index is 15.0. The minimum atomic E-state index is -5.08. The number of carboxylic acids is 1. The second-order valence-corrected chi connectivity index (χ2v) is 25.4. The van der Waals surface area contributed by atoms with Gasteiger partial charge >= 0.3 is 23.9 Å². The molecule has 0 aromatic rings. The van der Waals surface area contributed by atoms with E-state index in [1.165, 1.54) is 116 Å². The van der Waals surface area contributed by atoms with Crippen molar-refractivity contribution in [3.63, 3.8) is 0 Å². The van der Waals surface area contributed by atoms with Crippen LogP contribution in [0.15, 0.2) is 36.5 Å². The van der Waals surface area contributed by atoms with Crippen LogP contribution in [-0.4, -0.2) is 123 Å². The van der Waals surface area contributed by atoms with Gasteiger partial charge in [0.15, 0.2) is 11.6 Å². The third kappa shape index (κ3) is 38.2. The average Bonchev–Trinajstić information content (AvgIpc) is 0.806. The van der Waals surface area contributed by atoms with Crippen molar-refractivity contribution in [3.8, 4) is 0 Å². The van der Waals surface area contributed by atoms with Crippen LogP contribution in [0.25, 0.3) is 0 Å². The Hall–Kier alpha value is -4.26. The number of carbonyl (C=O) groups is 7. The maximum absolute atomic E-state index is 15.0. The van der Waals surface area contributed by atoms with E-state index in [4.69, 9.17) is 14.2 Å². The molecule has 0 aliphatic heterocycles. The first-order valence-corrected chi connectivity index (χ1v) is 35.2. The van der Waals surface area contributed by atoms with Crippen LogP contribution in [0, 0.1) is 0 Å². The van der Waals surface area contributed by atoms with Crippen molar-refractivity contribution in [3.05, 3.63) is 36.5 Å². The number of rotatable bonds is 60. The molecule has 0 heterocycles. The number of esters is 3. The monoisotopic (exact) mass is 1240 g/mol. The molecule has 18 heteroatoms. The fraction of sp³-hybridized carbons (Fsp3) is 0.809. The third-order valence-corrected chi connectivity index (χ3v) is 16.7. The summed E-state index contributed by atoms with van der Waals surface area (Å²) >= 11 is 0. The number of carbonyl (C=O) groups excluding carboxylic acids is 6. The van der Waals surface area contributed by atoms with Crippen LogP contribution < -0.4 is 0 Å². The van der Waals surface area contributed by atoms with E-state index in [0.29, 0.717) is 52.4 Å². The van der Waals surface area contributed by atoms with Gasteiger partial charge in [0.2, 0.25) is 5.60 Å². The molecule has 0 saturated carbocycles. The molecule has 2 atom stereocenters. The molecule has 0 aromatic heterocycles. The van der Waals surface area contributed by atoms with Gasteiger partial charge in [-0.05, 0) is 110 Å². The highest BCUT2D eigenvalue weighted by Gasteiger charge is 2.69. The van der Waals surface area contributed by atoms with Crippen LogP contribution in [0.1, 0.15) is 304 Å². The number of hydrogen-bond acceptors (Lipinski definition) is 14. The third-order valence-electron chi connectivity index (χ3n) is 16.0. The fourth-order valence-corrected chi connectivity index (χ4v) is 10.7. The lowest BCUT2D eigenvalue weighted by Gasteiger charge is -2.46. The molecule has 2 unspecified atom stereocenters. The maximum Gasteiger partial charge on any atom is 0.347 e. The van der Waals surface area contributed by atoms with Crippen molar-refractivity contribution in [2.75, 3.05) is 32.1 Å². The summed E-state index contributed by atoms with van der Waals surface area (Å²) in [6.45, 7) is 3.18. The number of aliphatic hydroxyl groups is 2. The largest absolute Gasteiger partial charge is 0.479 e. The summed E-state index contributed by atoms with van der Waals surface area (Å²) in [4.78, 5) is 95.3. The summed E-state index contributed by atoms with van der Waals surface area (Å²) in [7, 11) is -5.08. The van der Waals surface area contributed by atoms with Crippen molar-refractivity contribution < 1.29 is 76.1 Å². The van der Waals surface area contributed by atoms with E-state index in [-0.39, 0.29) is 24.2 Å². The number of ketones is 2. The van der Waals surface area contributed by atoms with Gasteiger partial charge in [-0.15, -0.1) is 0 Å². The zero-order chi connectivity index (χ0) is 64.2. The van der Waals surface area contributed by atoms with Gasteiger partial charge in [-0.25, -0.2) is 4.79 Å². The second-order valence-electron chi connectivity index (χ2n) is 23.8. The summed E-state index contributed by atoms with van der Waals surface area (Å²) in [6.07, 6.45) is 52.3. The zero-order valence-corrected chi connectivity index (χ0v) is 55.1. The Morgan fingerprint density at radius 2 is 0.640 bits per heavy atom. The number of carboxylic acid groups (broad SMARTS) is 1. The van der Waals surface area contributed by atoms with Gasteiger partial charge in [0.1, 0.15) is 25.4 Å². The number of aliphatic carboxylic acids is 1. The van der Waals surface area contributed by atoms with Gasteiger partial charge < -0.3 is 34.4 Å². The van der Waals surface area contributed by atoms with E-state index in [1.807, 2.05) is 0 Å². The number of hydrogen-bond donors (Lipinski definition) is 4. The second kappa shape index (κ2) is 51.6. The molecular weight excluding hydrogens is 1120 g/mol. The Morgan fingerprint density at radius 3 is 0.872 bits per heavy atom. The lowest BCUT2D eigenvalue weighted by Crippen LogP contribution is -2.76. The van der Waals surface area contributed by atoms with Gasteiger partial charge in [-0.3, -0.25) is 33.3 Å². The molecular formula is C68H119NO16S. The van der Waals surface area contributed by atoms with Crippen LogP contribution in [0.3, 0.4) is 0 Å². The van der Waals surface area contributed by atoms with E-state index in [2.05, 4.69) is 57.2 Å². The van der Waals surface area contributed by atoms with E-state index in [9.17, 15) is 57.1 Å². The Balaban J connectivity index is 6.62. The average molecular weight is 1240 g/mol. The van der Waals surface area contributed by atoms with Crippen LogP contribution in [-0.2, 0) is 57.9 Å². The Kier molecular flexibility index (Phi) is 49.0. The highest BCUT2D eigenvalue weighted by Crippen LogP contribution is 2.33. The van der Waals surface area contributed by atoms with Crippen molar-refractivity contribution in [1.29, 1.82) is 0 Å². The molecule has 0 fully saturated rings. The first-order valence-electron chi connectivity index (χ1n) is 33.6. The number of ether oxygens (including phenoxy) is 3. The summed E-state index contributed by atoms with van der Waals surface area (Å²) in [5.74, 6) is -12.1. The predicted octanol–water partition coefficient (Wildman–Crippen LogP) is 14.9. The smallest absolute Gasteiger partial charge is 0.347 e. The quantitative estimate of drug-likeness (QED) is 0.0110. The Morgan fingerprint density at radius 1 is 0.395 bits per heavy atom. The minimum Gasteiger partial charge on any atom is -0.479 e. The highest BCUT2D eigenvalue weighted by atomic mass is 32.2. The number of allylic oxidation sites excluding steroid dienone is 6. The number of amides is 1. The molecule has 0 saturated heterocycles. The van der Waals surface area contributed by atoms with Crippen LogP contribution >= 0.6 is 0 Å². The molecule has 0 aliphatic carbocycles. The van der Waals surface area contributed by atoms with Gasteiger partial charge in [0, 0.05) is 25.8 Å². The van der Waals surface area contributed by atoms with Crippen molar-refractivity contribution >= 4 is 51.5 Å². The lowest BCUT2D eigenvalue weighted by atomic mass is 9.75. The highest BCUT2D eigenvalue weighted by molar-refractivity contribution is 7.85. The van der Waals surface area contributed by atoms with Crippen molar-refractivity contribution in [1.82, 2.24) is 4.90 Å². The lowest BCUT2D eigenvalue weighted by molar-refractivity contribution is -0.209. The molecule has 4 N–H and O–H groups in total. The van der Waals surface area contributed by atoms with Crippen molar-refractivity contribution in [2.45, 2.75) is 321 Å². The zero-order valence-electron chi connectivity index (χ0n) is 54.2. The van der Waals surface area contributed by atoms with Gasteiger partial charge in [-0.1, -0.05) is 211 Å². The SMILES string of the molecule is CCCCCCCCC=CCCCCCCCC(=O)OCC(COC(=O)CCCCCCCC=CCCCCCCCC)(COC(=O)CCCCCCCC=CCCCCCCCC)N(CCS(=O)(=O)O)C(=O)C(O)(C(C)=O)C(O)(C(C)=O)C(=O)O. The van der Waals surface area contributed by atoms with Crippen molar-refractivity contribution in [2.24, 2.45) is 0 Å². The molecule has 0 aromatic carbocycles. The first-order chi connectivity index (χ1) is 41.2. The van der Waals surface area contributed by atoms with E-state index < -0.39 is 100 Å². The molecule has 0 rings (SSSR count). The molecule has 0 spiro atoms. The molecule has 1 amide bonds. The van der Waals surface area contributed by atoms with E-state index in [0.717, 1.165) is 96.3 Å². The molecule has 0 aliphatic rings. The number of nitrogens with zero attached hydrogens (tertiary/aromatic N) is 1. The summed E-state index contributed by atoms with van der Waals surface area (Å²) in [5, 5.41) is 33.6. The van der Waals surface area contributed by atoms with Crippen LogP contribution in [0.2, 0.25) is 0 Å². The summed E-state index contributed by atoms with van der Waals surface area (Å²) in [5.41, 5.74) is -11.0. The van der Waals surface area contributed by atoms with Crippen LogP contribution in [0.5, 0.6) is 0 Å². The van der Waals surface area contributed by atoms with E-state index >= 15 is 4.79 Å². The van der Waals surface area contributed by atoms with Gasteiger partial charge in [0.25, 0.3) is 21.6 Å². The van der Waals surface area contributed by atoms with Crippen LogP contribution in [0.4, 0.5) is 0 Å². The minimum absolute atomic E-state index is 0.155. The molecule has 0 bridgehead atoms. The predicted molar refractivity (Wildman–Crippen MR) is 341 cm³/mol. The first kappa shape index (κ1) is 81.7. The Bertz CT molecular complexity index is 1900. The molecule has 17 nitrogen and oxygen atoms in total. The number of Topliss-reactive ketones (excluding diaryl/α,β-unsaturated/α-hetero) is 2. The normalized spacial score (nSPS) is 14.0. The number of unbranched alkanes of at least 4 members (excludes halogenated alkanes) is 33. The fourth-order valence-electron chi connectivity index (χ4n) is 10.3. The summed E-state index contributed by atoms with van der Waals surface area (Å²) in [6, 6.07) is 0. The molecule has 86 heavy (non-hydrogen) atoms. The Labute approximate surface area is 519 Å².